The van der Waals surface area contributed by atoms with E-state index in [0.29, 0.717) is 34.9 Å². The molecule has 1 aliphatic rings. The predicted molar refractivity (Wildman–Crippen MR) is 124 cm³/mol. The largest absolute Gasteiger partial charge is 0.486 e. The Labute approximate surface area is 187 Å². The molecule has 170 valence electrons. The molecular weight excluding hydrogens is 414 g/mol. The number of hydrogen-bond acceptors (Lipinski definition) is 5. The Kier molecular flexibility index (Phi) is 7.94. The maximum Gasteiger partial charge on any atom is 0.148 e. The summed E-state index contributed by atoms with van der Waals surface area (Å²) in [4.78, 5) is 21.2. The molecule has 0 N–H and O–H groups in total. The van der Waals surface area contributed by atoms with Gasteiger partial charge in [-0.25, -0.2) is 13.8 Å². The van der Waals surface area contributed by atoms with E-state index in [0.717, 1.165) is 26.2 Å². The Balaban J connectivity index is 1.81. The number of likely N-dealkylation sites (N-methyl/N-ethyl adjacent to an activating group) is 2. The van der Waals surface area contributed by atoms with Crippen LogP contribution in [0.25, 0.3) is 0 Å². The Bertz CT molecular complexity index is 1000. The topological polar surface area (TPSA) is 48.4 Å². The summed E-state index contributed by atoms with van der Waals surface area (Å²) in [5, 5.41) is 0. The van der Waals surface area contributed by atoms with Crippen molar-refractivity contribution >= 4 is 23.5 Å². The van der Waals surface area contributed by atoms with E-state index in [2.05, 4.69) is 16.9 Å². The van der Waals surface area contributed by atoms with Gasteiger partial charge in [-0.3, -0.25) is 4.79 Å². The number of nitrogens with zero attached hydrogens (tertiary/aromatic N) is 4. The van der Waals surface area contributed by atoms with Gasteiger partial charge < -0.3 is 19.4 Å². The molecule has 3 rings (SSSR count). The van der Waals surface area contributed by atoms with Gasteiger partial charge >= 0.3 is 0 Å². The molecule has 6 nitrogen and oxygen atoms in total. The first-order valence-electron chi connectivity index (χ1n) is 10.4. The van der Waals surface area contributed by atoms with E-state index in [-0.39, 0.29) is 12.4 Å². The highest BCUT2D eigenvalue weighted by atomic mass is 19.1. The Morgan fingerprint density at radius 3 is 2.56 bits per heavy atom. The van der Waals surface area contributed by atoms with Crippen LogP contribution in [-0.2, 0) is 4.79 Å². The number of halogens is 2. The number of anilines is 2. The van der Waals surface area contributed by atoms with Gasteiger partial charge in [0.25, 0.3) is 0 Å². The van der Waals surface area contributed by atoms with Gasteiger partial charge in [0.2, 0.25) is 0 Å². The number of carbonyl (C=O) groups excluding carboxylic acids is 1. The normalized spacial score (nSPS) is 15.6. The highest BCUT2D eigenvalue weighted by molar-refractivity contribution is 5.99. The van der Waals surface area contributed by atoms with Crippen molar-refractivity contribution in [3.63, 3.8) is 0 Å². The molecule has 1 aliphatic heterocycles. The second-order valence-electron chi connectivity index (χ2n) is 7.70. The van der Waals surface area contributed by atoms with E-state index >= 15 is 0 Å². The quantitative estimate of drug-likeness (QED) is 0.283. The zero-order valence-corrected chi connectivity index (χ0v) is 18.6. The number of amidine groups is 1. The third-order valence-corrected chi connectivity index (χ3v) is 5.33. The molecule has 0 atom stereocenters. The number of piperazine rings is 1. The minimum absolute atomic E-state index is 0.00577. The van der Waals surface area contributed by atoms with E-state index in [1.165, 1.54) is 24.3 Å². The molecule has 1 fully saturated rings. The van der Waals surface area contributed by atoms with Gasteiger partial charge in [-0.15, -0.1) is 0 Å². The SMILES string of the molecule is C/C(=C/C=O)N=C(COc1cccc(F)c1)N(C)c1ccc(N2CCN(C)CC2)c(F)c1. The lowest BCUT2D eigenvalue weighted by molar-refractivity contribution is -0.104. The fourth-order valence-electron chi connectivity index (χ4n) is 3.41. The van der Waals surface area contributed by atoms with Crippen molar-refractivity contribution in [1.29, 1.82) is 0 Å². The molecule has 2 aromatic carbocycles. The lowest BCUT2D eigenvalue weighted by Gasteiger charge is -2.34. The highest BCUT2D eigenvalue weighted by Crippen LogP contribution is 2.26. The Morgan fingerprint density at radius 2 is 1.91 bits per heavy atom. The molecule has 0 bridgehead atoms. The molecule has 0 aliphatic carbocycles. The molecule has 0 amide bonds. The molecule has 0 unspecified atom stereocenters. The number of benzene rings is 2. The number of aldehydes is 1. The van der Waals surface area contributed by atoms with Crippen LogP contribution in [0, 0.1) is 11.6 Å². The van der Waals surface area contributed by atoms with E-state index in [1.54, 1.807) is 37.1 Å². The Hall–Kier alpha value is -3.26. The second-order valence-corrected chi connectivity index (χ2v) is 7.70. The van der Waals surface area contributed by atoms with Crippen LogP contribution in [-0.4, -0.2) is 63.9 Å². The maximum absolute atomic E-state index is 15.0. The molecule has 32 heavy (non-hydrogen) atoms. The van der Waals surface area contributed by atoms with Crippen LogP contribution < -0.4 is 14.5 Å². The fraction of sp³-hybridized carbons (Fsp3) is 0.333. The van der Waals surface area contributed by atoms with Crippen LogP contribution >= 0.6 is 0 Å². The first kappa shape index (κ1) is 23.4. The van der Waals surface area contributed by atoms with Crippen molar-refractivity contribution in [3.8, 4) is 5.75 Å². The fourth-order valence-corrected chi connectivity index (χ4v) is 3.41. The van der Waals surface area contributed by atoms with Gasteiger partial charge in [-0.05, 0) is 50.4 Å². The van der Waals surface area contributed by atoms with Crippen molar-refractivity contribution in [2.24, 2.45) is 4.99 Å². The number of ether oxygens (including phenoxy) is 1. The van der Waals surface area contributed by atoms with Crippen molar-refractivity contribution in [1.82, 2.24) is 4.90 Å². The van der Waals surface area contributed by atoms with E-state index in [1.807, 2.05) is 11.0 Å². The summed E-state index contributed by atoms with van der Waals surface area (Å²) in [5.74, 6) is 0.0636. The average Bonchev–Trinajstić information content (AvgIpc) is 2.77. The predicted octanol–water partition coefficient (Wildman–Crippen LogP) is 3.73. The number of rotatable bonds is 7. The van der Waals surface area contributed by atoms with Crippen LogP contribution in [0.15, 0.2) is 59.2 Å². The number of allylic oxidation sites excluding steroid dienone is 2. The summed E-state index contributed by atoms with van der Waals surface area (Å²) in [5.41, 5.74) is 1.63. The highest BCUT2D eigenvalue weighted by Gasteiger charge is 2.19. The smallest absolute Gasteiger partial charge is 0.148 e. The molecule has 0 radical (unpaired) electrons. The minimum atomic E-state index is -0.409. The minimum Gasteiger partial charge on any atom is -0.486 e. The van der Waals surface area contributed by atoms with Gasteiger partial charge in [0.05, 0.1) is 5.69 Å². The van der Waals surface area contributed by atoms with E-state index in [9.17, 15) is 13.6 Å². The summed E-state index contributed by atoms with van der Waals surface area (Å²) in [6.45, 7) is 5.00. The molecule has 1 heterocycles. The van der Waals surface area contributed by atoms with E-state index < -0.39 is 5.82 Å². The molecule has 0 spiro atoms. The zero-order valence-electron chi connectivity index (χ0n) is 18.6. The van der Waals surface area contributed by atoms with Gasteiger partial charge in [0.15, 0.2) is 0 Å². The molecule has 0 saturated carbocycles. The number of hydrogen-bond donors (Lipinski definition) is 0. The summed E-state index contributed by atoms with van der Waals surface area (Å²) < 4.78 is 34.1. The molecule has 1 saturated heterocycles. The second kappa shape index (κ2) is 10.9. The van der Waals surface area contributed by atoms with Crippen LogP contribution in [0.5, 0.6) is 5.75 Å². The molecule has 2 aromatic rings. The van der Waals surface area contributed by atoms with Gasteiger partial charge in [0, 0.05) is 50.7 Å². The van der Waals surface area contributed by atoms with E-state index in [4.69, 9.17) is 4.74 Å². The first-order valence-corrected chi connectivity index (χ1v) is 10.4. The third-order valence-electron chi connectivity index (χ3n) is 5.33. The Morgan fingerprint density at radius 1 is 1.16 bits per heavy atom. The van der Waals surface area contributed by atoms with Crippen molar-refractivity contribution in [3.05, 3.63) is 65.9 Å². The van der Waals surface area contributed by atoms with Crippen LogP contribution in [0.1, 0.15) is 6.92 Å². The lowest BCUT2D eigenvalue weighted by atomic mass is 10.2. The van der Waals surface area contributed by atoms with Crippen LogP contribution in [0.3, 0.4) is 0 Å². The molecular formula is C24H28F2N4O2. The average molecular weight is 443 g/mol. The van der Waals surface area contributed by atoms with Crippen LogP contribution in [0.4, 0.5) is 20.2 Å². The zero-order chi connectivity index (χ0) is 23.1. The standard InChI is InChI=1S/C24H28F2N4O2/c1-18(9-14-31)27-24(17-32-21-6-4-5-19(25)15-21)29(3)20-7-8-23(22(26)16-20)30-12-10-28(2)11-13-30/h4-9,14-16H,10-13,17H2,1-3H3/b18-9-,27-24?. The maximum atomic E-state index is 15.0. The summed E-state index contributed by atoms with van der Waals surface area (Å²) in [6.07, 6.45) is 1.97. The van der Waals surface area contributed by atoms with Gasteiger partial charge in [0.1, 0.15) is 36.1 Å². The summed E-state index contributed by atoms with van der Waals surface area (Å²) in [6, 6.07) is 10.9. The van der Waals surface area contributed by atoms with Gasteiger partial charge in [-0.1, -0.05) is 6.07 Å². The summed E-state index contributed by atoms with van der Waals surface area (Å²) in [7, 11) is 3.80. The third kappa shape index (κ3) is 6.13. The van der Waals surface area contributed by atoms with Crippen molar-refractivity contribution < 1.29 is 18.3 Å². The van der Waals surface area contributed by atoms with Crippen molar-refractivity contribution in [2.45, 2.75) is 6.92 Å². The van der Waals surface area contributed by atoms with Gasteiger partial charge in [-0.2, -0.15) is 0 Å². The summed E-state index contributed by atoms with van der Waals surface area (Å²) >= 11 is 0. The monoisotopic (exact) mass is 442 g/mol. The first-order chi connectivity index (χ1) is 15.4. The molecule has 0 aromatic heterocycles. The van der Waals surface area contributed by atoms with Crippen molar-refractivity contribution in [2.75, 3.05) is 56.7 Å². The number of aliphatic imine (C=N–C) groups is 1. The molecule has 8 heteroatoms. The lowest BCUT2D eigenvalue weighted by Crippen LogP contribution is -2.44. The van der Waals surface area contributed by atoms with Crippen LogP contribution in [0.2, 0.25) is 0 Å². The number of carbonyl (C=O) groups is 1.